The van der Waals surface area contributed by atoms with Crippen LogP contribution in [0.3, 0.4) is 0 Å². The van der Waals surface area contributed by atoms with Crippen LogP contribution in [-0.2, 0) is 10.3 Å². The van der Waals surface area contributed by atoms with E-state index in [1.54, 1.807) is 18.1 Å². The second-order valence-corrected chi connectivity index (χ2v) is 10.6. The summed E-state index contributed by atoms with van der Waals surface area (Å²) < 4.78 is 11.2. The molecule has 0 bridgehead atoms. The molecule has 0 amide bonds. The monoisotopic (exact) mass is 400 g/mol. The molecule has 4 heteroatoms. The van der Waals surface area contributed by atoms with Gasteiger partial charge >= 0.3 is 0 Å². The van der Waals surface area contributed by atoms with Crippen LogP contribution in [0, 0.1) is 28.6 Å². The number of ether oxygens (including phenoxy) is 1. The minimum atomic E-state index is -0.748. The Bertz CT molecular complexity index is 770. The fourth-order valence-electron chi connectivity index (χ4n) is 8.02. The quantitative estimate of drug-likeness (QED) is 0.712. The van der Waals surface area contributed by atoms with Crippen molar-refractivity contribution in [1.29, 1.82) is 0 Å². The molecule has 0 radical (unpaired) electrons. The van der Waals surface area contributed by atoms with Gasteiger partial charge in [-0.25, -0.2) is 0 Å². The van der Waals surface area contributed by atoms with E-state index < -0.39 is 5.60 Å². The second-order valence-electron chi connectivity index (χ2n) is 10.6. The number of rotatable bonds is 4. The van der Waals surface area contributed by atoms with Gasteiger partial charge in [0, 0.05) is 11.0 Å². The Hall–Kier alpha value is -1.10. The predicted molar refractivity (Wildman–Crippen MR) is 111 cm³/mol. The largest absolute Gasteiger partial charge is 0.472 e. The first-order valence-electron chi connectivity index (χ1n) is 11.6. The molecule has 0 saturated heterocycles. The Labute approximate surface area is 174 Å². The number of fused-ring (bicyclic) bond motifs is 5. The van der Waals surface area contributed by atoms with Gasteiger partial charge in [0.05, 0.1) is 37.4 Å². The molecular formula is C25H36O4. The fraction of sp³-hybridized carbons (Fsp3) is 0.760. The van der Waals surface area contributed by atoms with E-state index in [9.17, 15) is 5.11 Å². The van der Waals surface area contributed by atoms with Crippen LogP contribution in [0.4, 0.5) is 0 Å². The molecule has 0 aliphatic heterocycles. The highest BCUT2D eigenvalue weighted by atomic mass is 16.5. The normalized spacial score (nSPS) is 46.6. The molecule has 0 spiro atoms. The molecule has 0 unspecified atom stereocenters. The molecule has 4 aliphatic carbocycles. The van der Waals surface area contributed by atoms with Gasteiger partial charge in [-0.05, 0) is 80.6 Å². The van der Waals surface area contributed by atoms with Gasteiger partial charge in [-0.1, -0.05) is 25.5 Å². The Balaban J connectivity index is 1.42. The fourth-order valence-corrected chi connectivity index (χ4v) is 8.02. The van der Waals surface area contributed by atoms with Gasteiger partial charge < -0.3 is 19.4 Å². The van der Waals surface area contributed by atoms with Gasteiger partial charge in [0.25, 0.3) is 0 Å². The molecular weight excluding hydrogens is 364 g/mol. The molecule has 5 rings (SSSR count). The summed E-state index contributed by atoms with van der Waals surface area (Å²) >= 11 is 0. The smallest absolute Gasteiger partial charge is 0.0983 e. The third kappa shape index (κ3) is 2.75. The van der Waals surface area contributed by atoms with E-state index in [2.05, 4.69) is 19.9 Å². The maximum Gasteiger partial charge on any atom is 0.0983 e. The average Bonchev–Trinajstić information content (AvgIpc) is 3.34. The van der Waals surface area contributed by atoms with E-state index in [1.807, 2.05) is 6.07 Å². The number of hydrogen-bond acceptors (Lipinski definition) is 4. The molecule has 1 heterocycles. The highest BCUT2D eigenvalue weighted by molar-refractivity contribution is 5.29. The van der Waals surface area contributed by atoms with E-state index >= 15 is 0 Å². The summed E-state index contributed by atoms with van der Waals surface area (Å²) in [5.74, 6) is 2.00. The van der Waals surface area contributed by atoms with Crippen molar-refractivity contribution in [3.63, 3.8) is 0 Å². The minimum Gasteiger partial charge on any atom is -0.472 e. The molecule has 7 atom stereocenters. The lowest BCUT2D eigenvalue weighted by molar-refractivity contribution is -0.133. The van der Waals surface area contributed by atoms with Crippen molar-refractivity contribution in [3.8, 4) is 0 Å². The molecule has 4 aliphatic rings. The van der Waals surface area contributed by atoms with Gasteiger partial charge in [-0.15, -0.1) is 0 Å². The van der Waals surface area contributed by atoms with Gasteiger partial charge in [0.15, 0.2) is 0 Å². The molecule has 0 aromatic carbocycles. The number of allylic oxidation sites excluding steroid dienone is 1. The first kappa shape index (κ1) is 19.8. The minimum absolute atomic E-state index is 0.0585. The van der Waals surface area contributed by atoms with Crippen molar-refractivity contribution in [1.82, 2.24) is 0 Å². The highest BCUT2D eigenvalue weighted by Crippen LogP contribution is 2.69. The van der Waals surface area contributed by atoms with Crippen molar-refractivity contribution in [2.75, 3.05) is 13.2 Å². The van der Waals surface area contributed by atoms with Crippen LogP contribution in [0.5, 0.6) is 0 Å². The number of aliphatic hydroxyl groups is 2. The Morgan fingerprint density at radius 1 is 1.10 bits per heavy atom. The van der Waals surface area contributed by atoms with Gasteiger partial charge in [0.2, 0.25) is 0 Å². The van der Waals surface area contributed by atoms with Crippen LogP contribution in [0.25, 0.3) is 0 Å². The zero-order valence-electron chi connectivity index (χ0n) is 17.9. The zero-order valence-corrected chi connectivity index (χ0v) is 17.9. The lowest BCUT2D eigenvalue weighted by Gasteiger charge is -2.59. The van der Waals surface area contributed by atoms with Crippen molar-refractivity contribution in [2.24, 2.45) is 28.6 Å². The summed E-state index contributed by atoms with van der Waals surface area (Å²) in [7, 11) is 0. The van der Waals surface area contributed by atoms with E-state index in [1.165, 1.54) is 19.3 Å². The summed E-state index contributed by atoms with van der Waals surface area (Å²) in [5, 5.41) is 20.9. The summed E-state index contributed by atoms with van der Waals surface area (Å²) in [6.45, 7) is 5.38. The SMILES string of the molecule is C[C@]12CC[C@H](OCCO)C=C1CC[C@@H]1[C@@H]2CC[C@@]2(C)[C@H]1CC[C@@]2(O)c1ccoc1. The van der Waals surface area contributed by atoms with E-state index in [-0.39, 0.29) is 23.5 Å². The lowest BCUT2D eigenvalue weighted by Crippen LogP contribution is -2.53. The van der Waals surface area contributed by atoms with Crippen molar-refractivity contribution in [2.45, 2.75) is 76.9 Å². The van der Waals surface area contributed by atoms with Crippen molar-refractivity contribution in [3.05, 3.63) is 35.8 Å². The molecule has 3 fully saturated rings. The van der Waals surface area contributed by atoms with Crippen molar-refractivity contribution < 1.29 is 19.4 Å². The number of furan rings is 1. The maximum absolute atomic E-state index is 11.8. The molecule has 160 valence electrons. The summed E-state index contributed by atoms with van der Waals surface area (Å²) in [4.78, 5) is 0. The first-order valence-corrected chi connectivity index (χ1v) is 11.6. The molecule has 1 aromatic rings. The topological polar surface area (TPSA) is 62.8 Å². The Morgan fingerprint density at radius 2 is 1.93 bits per heavy atom. The second kappa shape index (κ2) is 6.96. The Morgan fingerprint density at radius 3 is 2.69 bits per heavy atom. The lowest BCUT2D eigenvalue weighted by atomic mass is 9.46. The van der Waals surface area contributed by atoms with Gasteiger partial charge in [-0.3, -0.25) is 0 Å². The number of aliphatic hydroxyl groups excluding tert-OH is 1. The first-order chi connectivity index (χ1) is 13.9. The van der Waals surface area contributed by atoms with E-state index in [0.29, 0.717) is 24.4 Å². The van der Waals surface area contributed by atoms with Crippen LogP contribution in [-0.4, -0.2) is 29.5 Å². The maximum atomic E-state index is 11.8. The molecule has 29 heavy (non-hydrogen) atoms. The Kier molecular flexibility index (Phi) is 4.76. The molecule has 2 N–H and O–H groups in total. The average molecular weight is 401 g/mol. The van der Waals surface area contributed by atoms with Crippen LogP contribution >= 0.6 is 0 Å². The standard InChI is InChI=1S/C25H36O4/c1-23-9-5-19(29-14-12-26)15-17(23)3-4-20-21(23)6-10-24(2)22(20)7-11-25(24,27)18-8-13-28-16-18/h8,13,15-16,19-22,26-27H,3-7,9-12,14H2,1-2H3/t19-,20+,21-,22-,23-,24-,25+/m0/s1. The molecule has 3 saturated carbocycles. The van der Waals surface area contributed by atoms with Gasteiger partial charge in [-0.2, -0.15) is 0 Å². The zero-order chi connectivity index (χ0) is 20.3. The van der Waals surface area contributed by atoms with Crippen LogP contribution in [0.1, 0.15) is 70.8 Å². The van der Waals surface area contributed by atoms with Gasteiger partial charge in [0.1, 0.15) is 0 Å². The van der Waals surface area contributed by atoms with Crippen LogP contribution in [0.2, 0.25) is 0 Å². The highest BCUT2D eigenvalue weighted by Gasteiger charge is 2.64. The van der Waals surface area contributed by atoms with Crippen LogP contribution in [0.15, 0.2) is 34.7 Å². The molecule has 1 aromatic heterocycles. The summed E-state index contributed by atoms with van der Waals surface area (Å²) in [6.07, 6.45) is 14.9. The summed E-state index contributed by atoms with van der Waals surface area (Å²) in [6, 6.07) is 1.97. The van der Waals surface area contributed by atoms with E-state index in [0.717, 1.165) is 37.7 Å². The van der Waals surface area contributed by atoms with E-state index in [4.69, 9.17) is 14.3 Å². The predicted octanol–water partition coefficient (Wildman–Crippen LogP) is 4.81. The van der Waals surface area contributed by atoms with Crippen molar-refractivity contribution >= 4 is 0 Å². The van der Waals surface area contributed by atoms with Crippen LogP contribution < -0.4 is 0 Å². The summed E-state index contributed by atoms with van der Waals surface area (Å²) in [5.41, 5.74) is 2.05. The third-order valence-electron chi connectivity index (χ3n) is 9.64. The molecule has 4 nitrogen and oxygen atoms in total. The number of hydrogen-bond donors (Lipinski definition) is 2. The third-order valence-corrected chi connectivity index (χ3v) is 9.64.